The molecule has 11 heteroatoms. The van der Waals surface area contributed by atoms with Crippen molar-refractivity contribution in [3.63, 3.8) is 0 Å². The van der Waals surface area contributed by atoms with E-state index >= 15 is 0 Å². The Bertz CT molecular complexity index is 654. The van der Waals surface area contributed by atoms with Crippen molar-refractivity contribution in [3.05, 3.63) is 21.3 Å². The number of anilines is 2. The smallest absolute Gasteiger partial charge is 0.231 e. The number of nitrogens with zero attached hydrogens (tertiary/aromatic N) is 4. The van der Waals surface area contributed by atoms with Crippen LogP contribution in [0.2, 0.25) is 0 Å². The summed E-state index contributed by atoms with van der Waals surface area (Å²) in [6.45, 7) is 0. The van der Waals surface area contributed by atoms with E-state index < -0.39 is 10.0 Å². The van der Waals surface area contributed by atoms with Crippen LogP contribution >= 0.6 is 31.9 Å². The molecular weight excluding hydrogens is 416 g/mol. The fourth-order valence-corrected chi connectivity index (χ4v) is 2.24. The molecule has 8 nitrogen and oxygen atoms in total. The van der Waals surface area contributed by atoms with E-state index in [1.807, 2.05) is 7.05 Å². The molecule has 0 saturated carbocycles. The van der Waals surface area contributed by atoms with Crippen LogP contribution in [0.5, 0.6) is 0 Å². The zero-order chi connectivity index (χ0) is 15.5. The van der Waals surface area contributed by atoms with Crippen molar-refractivity contribution in [1.82, 2.24) is 19.6 Å². The Balaban J connectivity index is 0.000000217. The Morgan fingerprint density at radius 1 is 1.15 bits per heavy atom. The number of aromatic nitrogens is 4. The number of halogens is 2. The quantitative estimate of drug-likeness (QED) is 0.748. The molecule has 2 heterocycles. The van der Waals surface area contributed by atoms with Crippen LogP contribution in [0, 0.1) is 0 Å². The first-order valence-electron chi connectivity index (χ1n) is 5.21. The van der Waals surface area contributed by atoms with Crippen LogP contribution in [0.15, 0.2) is 21.3 Å². The average Bonchev–Trinajstić information content (AvgIpc) is 2.69. The van der Waals surface area contributed by atoms with Gasteiger partial charge in [-0.3, -0.25) is 14.1 Å². The van der Waals surface area contributed by atoms with Gasteiger partial charge in [-0.1, -0.05) is 0 Å². The Morgan fingerprint density at radius 3 is 1.90 bits per heavy atom. The Kier molecular flexibility index (Phi) is 5.59. The minimum atomic E-state index is -3.23. The summed E-state index contributed by atoms with van der Waals surface area (Å²) in [7, 11) is 0.299. The summed E-state index contributed by atoms with van der Waals surface area (Å²) in [6.07, 6.45) is 1.08. The van der Waals surface area contributed by atoms with Gasteiger partial charge in [-0.05, 0) is 31.9 Å². The standard InChI is InChI=1S/C5H8BrN3O2S.C4H6BrN3/c1-9-4(6)3-5(7-9)8-12(2,10)11;1-8-3(5)2-4(6)7-8/h3H,1-2H3,(H,7,8);2H,1H3,(H2,6,7). The second kappa shape index (κ2) is 6.59. The first-order valence-corrected chi connectivity index (χ1v) is 8.68. The highest BCUT2D eigenvalue weighted by Gasteiger charge is 2.06. The monoisotopic (exact) mass is 428 g/mol. The number of hydrogen-bond acceptors (Lipinski definition) is 5. The third-order valence-electron chi connectivity index (χ3n) is 1.95. The molecule has 0 radical (unpaired) electrons. The van der Waals surface area contributed by atoms with Crippen molar-refractivity contribution in [2.24, 2.45) is 14.1 Å². The Morgan fingerprint density at radius 2 is 1.65 bits per heavy atom. The first-order chi connectivity index (χ1) is 9.08. The van der Waals surface area contributed by atoms with Crippen LogP contribution in [0.4, 0.5) is 11.6 Å². The zero-order valence-corrected chi connectivity index (χ0v) is 15.0. The molecule has 0 aliphatic heterocycles. The zero-order valence-electron chi connectivity index (χ0n) is 11.0. The average molecular weight is 430 g/mol. The number of nitrogens with one attached hydrogen (secondary N) is 1. The fraction of sp³-hybridized carbons (Fsp3) is 0.333. The fourth-order valence-electron chi connectivity index (χ4n) is 1.15. The van der Waals surface area contributed by atoms with E-state index in [2.05, 4.69) is 46.8 Å². The molecule has 0 unspecified atom stereocenters. The van der Waals surface area contributed by atoms with Crippen LogP contribution < -0.4 is 10.5 Å². The third kappa shape index (κ3) is 5.51. The normalized spacial score (nSPS) is 10.8. The second-order valence-electron chi connectivity index (χ2n) is 3.87. The van der Waals surface area contributed by atoms with Gasteiger partial charge in [0.05, 0.1) is 6.26 Å². The molecule has 2 aromatic rings. The summed E-state index contributed by atoms with van der Waals surface area (Å²) in [5, 5.41) is 7.73. The van der Waals surface area contributed by atoms with E-state index in [0.29, 0.717) is 16.2 Å². The van der Waals surface area contributed by atoms with Gasteiger partial charge in [0.15, 0.2) is 5.82 Å². The number of aryl methyl sites for hydroxylation is 2. The van der Waals surface area contributed by atoms with Crippen LogP contribution in [-0.4, -0.2) is 34.2 Å². The number of hydrogen-bond donors (Lipinski definition) is 2. The third-order valence-corrected chi connectivity index (χ3v) is 4.02. The van der Waals surface area contributed by atoms with Gasteiger partial charge in [0, 0.05) is 26.2 Å². The molecular formula is C9H14Br2N6O2S. The number of rotatable bonds is 2. The first kappa shape index (κ1) is 17.0. The largest absolute Gasteiger partial charge is 0.382 e. The van der Waals surface area contributed by atoms with Crippen molar-refractivity contribution < 1.29 is 8.42 Å². The molecule has 2 rings (SSSR count). The lowest BCUT2D eigenvalue weighted by molar-refractivity contribution is 0.606. The minimum Gasteiger partial charge on any atom is -0.382 e. The van der Waals surface area contributed by atoms with Crippen LogP contribution in [-0.2, 0) is 24.1 Å². The predicted octanol–water partition coefficient (Wildman–Crippen LogP) is 1.32. The maximum atomic E-state index is 10.7. The minimum absolute atomic E-state index is 0.312. The van der Waals surface area contributed by atoms with Gasteiger partial charge in [-0.25, -0.2) is 8.42 Å². The molecule has 0 aromatic carbocycles. The SMILES string of the molecule is Cn1nc(N)cc1Br.Cn1nc(NS(C)(=O)=O)cc1Br. The lowest BCUT2D eigenvalue weighted by Gasteiger charge is -1.96. The van der Waals surface area contributed by atoms with Gasteiger partial charge in [0.2, 0.25) is 10.0 Å². The van der Waals surface area contributed by atoms with E-state index in [4.69, 9.17) is 5.73 Å². The van der Waals surface area contributed by atoms with Crippen molar-refractivity contribution in [3.8, 4) is 0 Å². The Hall–Kier alpha value is -1.07. The molecule has 0 aliphatic rings. The summed E-state index contributed by atoms with van der Waals surface area (Å²) in [5.74, 6) is 0.853. The van der Waals surface area contributed by atoms with E-state index in [9.17, 15) is 8.42 Å². The summed E-state index contributed by atoms with van der Waals surface area (Å²) in [5.41, 5.74) is 5.32. The van der Waals surface area contributed by atoms with Crippen molar-refractivity contribution in [2.45, 2.75) is 0 Å². The van der Waals surface area contributed by atoms with E-state index in [-0.39, 0.29) is 0 Å². The number of nitrogen functional groups attached to an aromatic ring is 1. The summed E-state index contributed by atoms with van der Waals surface area (Å²) >= 11 is 6.43. The molecule has 0 atom stereocenters. The van der Waals surface area contributed by atoms with Gasteiger partial charge >= 0.3 is 0 Å². The van der Waals surface area contributed by atoms with E-state index in [1.165, 1.54) is 4.68 Å². The molecule has 0 bridgehead atoms. The second-order valence-corrected chi connectivity index (χ2v) is 7.24. The molecule has 0 amide bonds. The van der Waals surface area contributed by atoms with Crippen molar-refractivity contribution >= 4 is 53.5 Å². The summed E-state index contributed by atoms with van der Waals surface area (Å²) in [6, 6.07) is 3.33. The van der Waals surface area contributed by atoms with Gasteiger partial charge in [-0.2, -0.15) is 10.2 Å². The summed E-state index contributed by atoms with van der Waals surface area (Å²) in [4.78, 5) is 0. The molecule has 0 fully saturated rings. The van der Waals surface area contributed by atoms with Crippen LogP contribution in [0.3, 0.4) is 0 Å². The number of sulfonamides is 1. The van der Waals surface area contributed by atoms with E-state index in [1.54, 1.807) is 23.9 Å². The molecule has 20 heavy (non-hydrogen) atoms. The van der Waals surface area contributed by atoms with Gasteiger partial charge in [0.1, 0.15) is 15.0 Å². The lowest BCUT2D eigenvalue weighted by Crippen LogP contribution is -2.10. The lowest BCUT2D eigenvalue weighted by atomic mass is 10.7. The van der Waals surface area contributed by atoms with Gasteiger partial charge in [0.25, 0.3) is 0 Å². The summed E-state index contributed by atoms with van der Waals surface area (Å²) < 4.78 is 28.5. The van der Waals surface area contributed by atoms with Crippen LogP contribution in [0.25, 0.3) is 0 Å². The van der Waals surface area contributed by atoms with Crippen molar-refractivity contribution in [2.75, 3.05) is 16.7 Å². The van der Waals surface area contributed by atoms with Crippen molar-refractivity contribution in [1.29, 1.82) is 0 Å². The van der Waals surface area contributed by atoms with Gasteiger partial charge in [-0.15, -0.1) is 0 Å². The molecule has 3 N–H and O–H groups in total. The molecule has 0 aliphatic carbocycles. The van der Waals surface area contributed by atoms with Gasteiger partial charge < -0.3 is 5.73 Å². The maximum Gasteiger partial charge on any atom is 0.231 e. The molecule has 0 spiro atoms. The predicted molar refractivity (Wildman–Crippen MR) is 84.7 cm³/mol. The number of nitrogens with two attached hydrogens (primary N) is 1. The maximum absolute atomic E-state index is 10.7. The molecule has 112 valence electrons. The highest BCUT2D eigenvalue weighted by atomic mass is 79.9. The molecule has 2 aromatic heterocycles. The van der Waals surface area contributed by atoms with Crippen LogP contribution in [0.1, 0.15) is 0 Å². The van der Waals surface area contributed by atoms with E-state index in [0.717, 1.165) is 10.9 Å². The Labute approximate surface area is 133 Å². The highest BCUT2D eigenvalue weighted by Crippen LogP contribution is 2.14. The molecule has 0 saturated heterocycles. The highest BCUT2D eigenvalue weighted by molar-refractivity contribution is 9.10. The topological polar surface area (TPSA) is 108 Å².